The van der Waals surface area contributed by atoms with Crippen LogP contribution in [0.15, 0.2) is 18.2 Å². The van der Waals surface area contributed by atoms with Crippen molar-refractivity contribution in [1.82, 2.24) is 0 Å². The lowest BCUT2D eigenvalue weighted by Gasteiger charge is -2.20. The molecule has 0 aromatic heterocycles. The van der Waals surface area contributed by atoms with Gasteiger partial charge in [0.1, 0.15) is 12.9 Å². The normalized spacial score (nSPS) is 14.8. The van der Waals surface area contributed by atoms with E-state index in [1.54, 1.807) is 25.1 Å². The molecule has 2 unspecified atom stereocenters. The molecule has 1 aromatic carbocycles. The third-order valence-electron chi connectivity index (χ3n) is 2.08. The van der Waals surface area contributed by atoms with Gasteiger partial charge in [-0.05, 0) is 24.6 Å². The Hall–Kier alpha value is -0.320. The van der Waals surface area contributed by atoms with Crippen molar-refractivity contribution < 1.29 is 14.6 Å². The van der Waals surface area contributed by atoms with Crippen LogP contribution in [0.4, 0.5) is 0 Å². The van der Waals surface area contributed by atoms with Gasteiger partial charge < -0.3 is 14.6 Å². The summed E-state index contributed by atoms with van der Waals surface area (Å²) in [6.07, 6.45) is -1.14. The van der Waals surface area contributed by atoms with Crippen molar-refractivity contribution in [3.63, 3.8) is 0 Å². The molecule has 0 aliphatic rings. The molecule has 0 saturated heterocycles. The zero-order valence-electron chi connectivity index (χ0n) is 9.11. The number of benzene rings is 1. The lowest BCUT2D eigenvalue weighted by Crippen LogP contribution is -2.19. The molecule has 0 fully saturated rings. The number of aliphatic hydroxyl groups is 1. The van der Waals surface area contributed by atoms with Crippen molar-refractivity contribution in [2.24, 2.45) is 0 Å². The van der Waals surface area contributed by atoms with E-state index >= 15 is 0 Å². The van der Waals surface area contributed by atoms with Crippen molar-refractivity contribution in [1.29, 1.82) is 0 Å². The summed E-state index contributed by atoms with van der Waals surface area (Å²) < 4.78 is 10.2. The highest BCUT2D eigenvalue weighted by molar-refractivity contribution is 6.42. The summed E-state index contributed by atoms with van der Waals surface area (Å²) in [5.74, 6) is 0. The van der Waals surface area contributed by atoms with Gasteiger partial charge in [0.15, 0.2) is 0 Å². The van der Waals surface area contributed by atoms with Gasteiger partial charge in [-0.15, -0.1) is 0 Å². The third kappa shape index (κ3) is 3.61. The maximum absolute atomic E-state index is 9.60. The Morgan fingerprint density at radius 2 is 2.00 bits per heavy atom. The molecule has 0 bridgehead atoms. The van der Waals surface area contributed by atoms with Gasteiger partial charge in [-0.1, -0.05) is 29.3 Å². The molecule has 0 amide bonds. The Morgan fingerprint density at radius 1 is 1.31 bits per heavy atom. The Kier molecular flexibility index (Phi) is 5.52. The van der Waals surface area contributed by atoms with Crippen LogP contribution in [0.1, 0.15) is 18.6 Å². The van der Waals surface area contributed by atoms with Crippen LogP contribution in [-0.2, 0) is 9.47 Å². The van der Waals surface area contributed by atoms with Crippen molar-refractivity contribution in [2.75, 3.05) is 13.9 Å². The first-order valence-electron chi connectivity index (χ1n) is 4.79. The highest BCUT2D eigenvalue weighted by Gasteiger charge is 2.18. The Morgan fingerprint density at radius 3 is 2.50 bits per heavy atom. The number of halogens is 2. The zero-order valence-corrected chi connectivity index (χ0v) is 10.6. The van der Waals surface area contributed by atoms with E-state index in [0.717, 1.165) is 5.56 Å². The second-order valence-corrected chi connectivity index (χ2v) is 4.22. The summed E-state index contributed by atoms with van der Waals surface area (Å²) in [6.45, 7) is 1.75. The highest BCUT2D eigenvalue weighted by Crippen LogP contribution is 2.28. The Labute approximate surface area is 105 Å². The number of ether oxygens (including phenoxy) is 2. The van der Waals surface area contributed by atoms with Crippen molar-refractivity contribution in [3.8, 4) is 0 Å². The molecule has 0 aliphatic carbocycles. The first-order valence-corrected chi connectivity index (χ1v) is 5.55. The van der Waals surface area contributed by atoms with E-state index in [4.69, 9.17) is 32.7 Å². The van der Waals surface area contributed by atoms with Gasteiger partial charge in [0.05, 0.1) is 16.1 Å². The first-order chi connectivity index (χ1) is 7.56. The molecular weight excluding hydrogens is 251 g/mol. The summed E-state index contributed by atoms with van der Waals surface area (Å²) in [5, 5.41) is 10.5. The SMILES string of the molecule is COCOC(c1ccc(Cl)c(Cl)c1)C(C)O. The van der Waals surface area contributed by atoms with Crippen LogP contribution in [0, 0.1) is 0 Å². The fourth-order valence-electron chi connectivity index (χ4n) is 1.34. The molecule has 0 heterocycles. The van der Waals surface area contributed by atoms with E-state index in [1.165, 1.54) is 7.11 Å². The van der Waals surface area contributed by atoms with E-state index in [9.17, 15) is 5.11 Å². The molecule has 1 rings (SSSR count). The molecule has 90 valence electrons. The molecule has 0 spiro atoms. The largest absolute Gasteiger partial charge is 0.390 e. The van der Waals surface area contributed by atoms with Crippen LogP contribution in [0.2, 0.25) is 10.0 Å². The van der Waals surface area contributed by atoms with Gasteiger partial charge in [-0.25, -0.2) is 0 Å². The summed E-state index contributed by atoms with van der Waals surface area (Å²) in [7, 11) is 1.52. The number of methoxy groups -OCH3 is 1. The number of rotatable bonds is 5. The summed E-state index contributed by atoms with van der Waals surface area (Å²) in [5.41, 5.74) is 0.765. The minimum absolute atomic E-state index is 0.107. The van der Waals surface area contributed by atoms with Gasteiger partial charge in [0.25, 0.3) is 0 Å². The molecular formula is C11H14Cl2O3. The molecule has 2 atom stereocenters. The summed E-state index contributed by atoms with van der Waals surface area (Å²) >= 11 is 11.7. The quantitative estimate of drug-likeness (QED) is 0.831. The van der Waals surface area contributed by atoms with E-state index in [-0.39, 0.29) is 6.79 Å². The van der Waals surface area contributed by atoms with E-state index < -0.39 is 12.2 Å². The average Bonchev–Trinajstić information content (AvgIpc) is 2.23. The first kappa shape index (κ1) is 13.7. The van der Waals surface area contributed by atoms with Crippen LogP contribution in [-0.4, -0.2) is 25.1 Å². The maximum Gasteiger partial charge on any atom is 0.147 e. The Bertz CT molecular complexity index is 342. The molecule has 1 N–H and O–H groups in total. The maximum atomic E-state index is 9.60. The van der Waals surface area contributed by atoms with Crippen molar-refractivity contribution in [3.05, 3.63) is 33.8 Å². The summed E-state index contributed by atoms with van der Waals surface area (Å²) in [4.78, 5) is 0. The topological polar surface area (TPSA) is 38.7 Å². The number of hydrogen-bond acceptors (Lipinski definition) is 3. The van der Waals surface area contributed by atoms with E-state index in [1.807, 2.05) is 0 Å². The van der Waals surface area contributed by atoms with Crippen molar-refractivity contribution in [2.45, 2.75) is 19.1 Å². The predicted molar refractivity (Wildman–Crippen MR) is 63.8 cm³/mol. The average molecular weight is 265 g/mol. The van der Waals surface area contributed by atoms with Crippen LogP contribution in [0.25, 0.3) is 0 Å². The molecule has 1 aromatic rings. The third-order valence-corrected chi connectivity index (χ3v) is 2.81. The number of aliphatic hydroxyl groups excluding tert-OH is 1. The minimum atomic E-state index is -0.660. The van der Waals surface area contributed by atoms with Gasteiger partial charge >= 0.3 is 0 Å². The van der Waals surface area contributed by atoms with E-state index in [0.29, 0.717) is 10.0 Å². The number of hydrogen-bond donors (Lipinski definition) is 1. The lowest BCUT2D eigenvalue weighted by atomic mass is 10.1. The monoisotopic (exact) mass is 264 g/mol. The fourth-order valence-corrected chi connectivity index (χ4v) is 1.65. The van der Waals surface area contributed by atoms with Gasteiger partial charge in [0.2, 0.25) is 0 Å². The standard InChI is InChI=1S/C11H14Cl2O3/c1-7(14)11(16-6-15-2)8-3-4-9(12)10(13)5-8/h3-5,7,11,14H,6H2,1-2H3. The molecule has 5 heteroatoms. The summed E-state index contributed by atoms with van der Waals surface area (Å²) in [6, 6.07) is 5.11. The molecule has 3 nitrogen and oxygen atoms in total. The molecule has 0 radical (unpaired) electrons. The van der Waals surface area contributed by atoms with Gasteiger partial charge in [-0.3, -0.25) is 0 Å². The second kappa shape index (κ2) is 6.42. The zero-order chi connectivity index (χ0) is 12.1. The molecule has 0 saturated carbocycles. The smallest absolute Gasteiger partial charge is 0.147 e. The van der Waals surface area contributed by atoms with Crippen LogP contribution in [0.5, 0.6) is 0 Å². The van der Waals surface area contributed by atoms with Gasteiger partial charge in [0, 0.05) is 7.11 Å². The minimum Gasteiger partial charge on any atom is -0.390 e. The van der Waals surface area contributed by atoms with Gasteiger partial charge in [-0.2, -0.15) is 0 Å². The molecule has 0 aliphatic heterocycles. The fraction of sp³-hybridized carbons (Fsp3) is 0.455. The lowest BCUT2D eigenvalue weighted by molar-refractivity contribution is -0.110. The van der Waals surface area contributed by atoms with Crippen LogP contribution in [0.3, 0.4) is 0 Å². The van der Waals surface area contributed by atoms with Crippen LogP contribution >= 0.6 is 23.2 Å². The second-order valence-electron chi connectivity index (χ2n) is 3.41. The Balaban J connectivity index is 2.88. The van der Waals surface area contributed by atoms with Crippen molar-refractivity contribution >= 4 is 23.2 Å². The molecule has 16 heavy (non-hydrogen) atoms. The van der Waals surface area contributed by atoms with E-state index in [2.05, 4.69) is 0 Å². The predicted octanol–water partition coefficient (Wildman–Crippen LogP) is 3.04. The van der Waals surface area contributed by atoms with Crippen LogP contribution < -0.4 is 0 Å². The highest BCUT2D eigenvalue weighted by atomic mass is 35.5.